The molecule has 1 rings (SSSR count). The fraction of sp³-hybridized carbons (Fsp3) is 0.429. The Morgan fingerprint density at radius 2 is 1.92 bits per heavy atom. The van der Waals surface area contributed by atoms with E-state index in [0.29, 0.717) is 0 Å². The average molecular weight is 380 g/mol. The molecule has 2 N–H and O–H groups in total. The van der Waals surface area contributed by atoms with Crippen LogP contribution in [-0.2, 0) is 21.3 Å². The lowest BCUT2D eigenvalue weighted by Gasteiger charge is -2.09. The van der Waals surface area contributed by atoms with Gasteiger partial charge in [0.05, 0.1) is 5.70 Å². The van der Waals surface area contributed by atoms with Gasteiger partial charge in [0, 0.05) is 26.5 Å². The van der Waals surface area contributed by atoms with Crippen molar-refractivity contribution >= 4 is 18.2 Å². The van der Waals surface area contributed by atoms with Crippen molar-refractivity contribution in [3.8, 4) is 0 Å². The zero-order chi connectivity index (χ0) is 19.9. The van der Waals surface area contributed by atoms with Crippen molar-refractivity contribution in [2.45, 2.75) is 12.9 Å². The van der Waals surface area contributed by atoms with Crippen LogP contribution in [-0.4, -0.2) is 54.6 Å². The number of carbonyl (C=O) groups excluding carboxylic acids is 2. The minimum atomic E-state index is -3.09. The molecular weight excluding hydrogens is 364 g/mol. The number of hydrogen-bond acceptors (Lipinski definition) is 7. The number of aryl methyl sites for hydroxylation is 1. The molecule has 144 valence electrons. The van der Waals surface area contributed by atoms with E-state index in [2.05, 4.69) is 14.8 Å². The molecular formula is C14H16F4N4O4. The lowest BCUT2D eigenvalue weighted by atomic mass is 10.2. The van der Waals surface area contributed by atoms with Gasteiger partial charge in [-0.3, -0.25) is 9.67 Å². The van der Waals surface area contributed by atoms with Crippen molar-refractivity contribution < 1.29 is 36.6 Å². The third-order valence-corrected chi connectivity index (χ3v) is 2.86. The highest BCUT2D eigenvalue weighted by Crippen LogP contribution is 2.21. The summed E-state index contributed by atoms with van der Waals surface area (Å²) in [5.41, 5.74) is 2.26. The largest absolute Gasteiger partial charge is 0.458 e. The number of aliphatic imine (C=N–C) groups is 1. The van der Waals surface area contributed by atoms with Gasteiger partial charge in [-0.2, -0.15) is 5.10 Å². The number of ether oxygens (including phenoxy) is 2. The normalized spacial score (nSPS) is 12.6. The maximum atomic E-state index is 12.8. The van der Waals surface area contributed by atoms with Gasteiger partial charge in [0.2, 0.25) is 0 Å². The Morgan fingerprint density at radius 1 is 1.31 bits per heavy atom. The minimum absolute atomic E-state index is 0.436. The molecule has 8 nitrogen and oxygen atoms in total. The van der Waals surface area contributed by atoms with E-state index in [1.54, 1.807) is 0 Å². The molecule has 0 bridgehead atoms. The average Bonchev–Trinajstić information content (AvgIpc) is 2.97. The van der Waals surface area contributed by atoms with E-state index in [1.165, 1.54) is 14.1 Å². The van der Waals surface area contributed by atoms with Crippen molar-refractivity contribution in [2.24, 2.45) is 17.8 Å². The summed E-state index contributed by atoms with van der Waals surface area (Å²) >= 11 is 0. The molecule has 0 aliphatic rings. The van der Waals surface area contributed by atoms with Crippen molar-refractivity contribution in [2.75, 3.05) is 20.3 Å². The smallest absolute Gasteiger partial charge is 0.341 e. The molecule has 1 aromatic heterocycles. The Labute approximate surface area is 145 Å². The summed E-state index contributed by atoms with van der Waals surface area (Å²) in [6.07, 6.45) is -4.21. The topological polar surface area (TPSA) is 109 Å². The quantitative estimate of drug-likeness (QED) is 0.239. The van der Waals surface area contributed by atoms with Crippen LogP contribution in [0.1, 0.15) is 22.5 Å². The first kappa shape index (κ1) is 21.1. The van der Waals surface area contributed by atoms with Gasteiger partial charge in [0.1, 0.15) is 30.0 Å². The van der Waals surface area contributed by atoms with Crippen LogP contribution in [0.25, 0.3) is 0 Å². The summed E-state index contributed by atoms with van der Waals surface area (Å²) < 4.78 is 61.0. The highest BCUT2D eigenvalue weighted by molar-refractivity contribution is 6.10. The fourth-order valence-corrected chi connectivity index (χ4v) is 1.74. The molecule has 0 saturated heterocycles. The molecule has 1 aromatic rings. The van der Waals surface area contributed by atoms with Crippen molar-refractivity contribution in [1.29, 1.82) is 0 Å². The lowest BCUT2D eigenvalue weighted by Crippen LogP contribution is -2.21. The van der Waals surface area contributed by atoms with Crippen LogP contribution in [0, 0.1) is 0 Å². The fourth-order valence-electron chi connectivity index (χ4n) is 1.74. The first-order valence-corrected chi connectivity index (χ1v) is 7.04. The maximum Gasteiger partial charge on any atom is 0.341 e. The molecule has 0 unspecified atom stereocenters. The molecule has 0 amide bonds. The number of halogens is 4. The SMILES string of the molecule is CN=CC(C(=O)OCCOC(=O)c1cn(C)nc1C(F)F)=C(N)C(F)F. The molecule has 1 heterocycles. The second-order valence-corrected chi connectivity index (χ2v) is 4.73. The van der Waals surface area contributed by atoms with Gasteiger partial charge in [0.15, 0.2) is 0 Å². The molecule has 0 aromatic carbocycles. The summed E-state index contributed by atoms with van der Waals surface area (Å²) in [5, 5.41) is 3.44. The molecule has 26 heavy (non-hydrogen) atoms. The van der Waals surface area contributed by atoms with Crippen LogP contribution >= 0.6 is 0 Å². The standard InChI is InChI=1S/C14H16F4N4O4/c1-20-5-7(9(19)11(15)16)13(23)25-3-4-26-14(24)8-6-22(2)21-10(8)12(17)18/h5-6,11-12H,3-4,19H2,1-2H3. The van der Waals surface area contributed by atoms with Crippen molar-refractivity contribution in [3.63, 3.8) is 0 Å². The molecule has 0 spiro atoms. The zero-order valence-corrected chi connectivity index (χ0v) is 13.8. The van der Waals surface area contributed by atoms with Gasteiger partial charge in [-0.25, -0.2) is 27.2 Å². The van der Waals surface area contributed by atoms with E-state index in [-0.39, 0.29) is 0 Å². The van der Waals surface area contributed by atoms with Crippen LogP contribution in [0.4, 0.5) is 17.6 Å². The highest BCUT2D eigenvalue weighted by atomic mass is 19.3. The molecule has 0 fully saturated rings. The van der Waals surface area contributed by atoms with Gasteiger partial charge >= 0.3 is 11.9 Å². The maximum absolute atomic E-state index is 12.8. The van der Waals surface area contributed by atoms with Crippen LogP contribution < -0.4 is 5.73 Å². The molecule has 0 saturated carbocycles. The summed E-state index contributed by atoms with van der Waals surface area (Å²) in [6, 6.07) is 0. The lowest BCUT2D eigenvalue weighted by molar-refractivity contribution is -0.139. The number of rotatable bonds is 8. The predicted molar refractivity (Wildman–Crippen MR) is 81.0 cm³/mol. The van der Waals surface area contributed by atoms with E-state index >= 15 is 0 Å². The second-order valence-electron chi connectivity index (χ2n) is 4.73. The van der Waals surface area contributed by atoms with E-state index in [4.69, 9.17) is 10.5 Å². The summed E-state index contributed by atoms with van der Waals surface area (Å²) in [5.74, 6) is -2.29. The zero-order valence-electron chi connectivity index (χ0n) is 13.8. The number of aromatic nitrogens is 2. The Kier molecular flexibility index (Phi) is 7.75. The number of nitrogens with two attached hydrogens (primary N) is 1. The summed E-state index contributed by atoms with van der Waals surface area (Å²) in [4.78, 5) is 26.9. The van der Waals surface area contributed by atoms with Crippen molar-refractivity contribution in [3.05, 3.63) is 28.7 Å². The van der Waals surface area contributed by atoms with Gasteiger partial charge < -0.3 is 15.2 Å². The van der Waals surface area contributed by atoms with Crippen molar-refractivity contribution in [1.82, 2.24) is 9.78 Å². The third-order valence-electron chi connectivity index (χ3n) is 2.86. The summed E-state index contributed by atoms with van der Waals surface area (Å²) in [7, 11) is 2.59. The molecule has 12 heteroatoms. The number of carbonyl (C=O) groups is 2. The third kappa shape index (κ3) is 5.57. The van der Waals surface area contributed by atoms with Gasteiger partial charge in [-0.15, -0.1) is 0 Å². The first-order valence-electron chi connectivity index (χ1n) is 7.04. The number of allylic oxidation sites excluding steroid dienone is 1. The molecule has 0 atom stereocenters. The van der Waals surface area contributed by atoms with Crippen LogP contribution in [0.3, 0.4) is 0 Å². The Morgan fingerprint density at radius 3 is 2.46 bits per heavy atom. The van der Waals surface area contributed by atoms with E-state index in [9.17, 15) is 27.2 Å². The van der Waals surface area contributed by atoms with Crippen LogP contribution in [0.5, 0.6) is 0 Å². The monoisotopic (exact) mass is 380 g/mol. The number of esters is 2. The van der Waals surface area contributed by atoms with Gasteiger partial charge in [0.25, 0.3) is 12.9 Å². The molecule has 0 aliphatic carbocycles. The van der Waals surface area contributed by atoms with E-state index < -0.39 is 60.5 Å². The Bertz CT molecular complexity index is 716. The predicted octanol–water partition coefficient (Wildman–Crippen LogP) is 1.24. The van der Waals surface area contributed by atoms with E-state index in [1.807, 2.05) is 0 Å². The second kappa shape index (κ2) is 9.53. The number of alkyl halides is 4. The van der Waals surface area contributed by atoms with Gasteiger partial charge in [-0.05, 0) is 0 Å². The minimum Gasteiger partial charge on any atom is -0.458 e. The Balaban J connectivity index is 2.62. The van der Waals surface area contributed by atoms with Crippen LogP contribution in [0.15, 0.2) is 22.5 Å². The summed E-state index contributed by atoms with van der Waals surface area (Å²) in [6.45, 7) is -1.00. The molecule has 0 aliphatic heterocycles. The first-order chi connectivity index (χ1) is 12.2. The number of nitrogens with zero attached hydrogens (tertiary/aromatic N) is 3. The Hall–Kier alpha value is -2.92. The molecule has 0 radical (unpaired) electrons. The number of hydrogen-bond donors (Lipinski definition) is 1. The van der Waals surface area contributed by atoms with E-state index in [0.717, 1.165) is 17.1 Å². The van der Waals surface area contributed by atoms with Gasteiger partial charge in [-0.1, -0.05) is 0 Å². The highest BCUT2D eigenvalue weighted by Gasteiger charge is 2.24. The van der Waals surface area contributed by atoms with Crippen LogP contribution in [0.2, 0.25) is 0 Å².